The van der Waals surface area contributed by atoms with Crippen LogP contribution in [0.1, 0.15) is 5.69 Å². The number of rotatable bonds is 2. The van der Waals surface area contributed by atoms with Gasteiger partial charge in [-0.3, -0.25) is 0 Å². The fraction of sp³-hybridized carbons (Fsp3) is 0.385. The van der Waals surface area contributed by atoms with Crippen molar-refractivity contribution in [2.75, 3.05) is 41.7 Å². The molecule has 3 rings (SSSR count). The van der Waals surface area contributed by atoms with Gasteiger partial charge in [0.05, 0.1) is 5.69 Å². The Labute approximate surface area is 116 Å². The first-order valence-electron chi connectivity index (χ1n) is 6.36. The number of nitrogens with two attached hydrogens (primary N) is 1. The molecule has 1 saturated heterocycles. The first-order valence-corrected chi connectivity index (χ1v) is 7.24. The fourth-order valence-electron chi connectivity index (χ4n) is 2.29. The Morgan fingerprint density at radius 1 is 1.16 bits per heavy atom. The zero-order chi connectivity index (χ0) is 13.2. The van der Waals surface area contributed by atoms with Crippen molar-refractivity contribution in [3.8, 4) is 0 Å². The van der Waals surface area contributed by atoms with Crippen LogP contribution in [-0.2, 0) is 0 Å². The van der Waals surface area contributed by atoms with Gasteiger partial charge in [0.1, 0.15) is 0 Å². The van der Waals surface area contributed by atoms with Crippen LogP contribution in [-0.4, -0.2) is 36.1 Å². The number of nitrogens with zero attached hydrogens (tertiary/aromatic N) is 4. The molecule has 3 heterocycles. The third-order valence-electron chi connectivity index (χ3n) is 3.31. The number of nitrogen functional groups attached to an aromatic ring is 1. The van der Waals surface area contributed by atoms with Crippen molar-refractivity contribution in [2.45, 2.75) is 6.92 Å². The van der Waals surface area contributed by atoms with Crippen molar-refractivity contribution in [1.29, 1.82) is 0 Å². The Morgan fingerprint density at radius 3 is 2.58 bits per heavy atom. The van der Waals surface area contributed by atoms with Crippen LogP contribution in [0.25, 0.3) is 0 Å². The molecule has 0 atom stereocenters. The lowest BCUT2D eigenvalue weighted by Gasteiger charge is -2.35. The van der Waals surface area contributed by atoms with Gasteiger partial charge in [-0.25, -0.2) is 9.97 Å². The molecule has 0 radical (unpaired) electrons. The van der Waals surface area contributed by atoms with Gasteiger partial charge in [0.15, 0.2) is 10.9 Å². The summed E-state index contributed by atoms with van der Waals surface area (Å²) in [5.74, 6) is 0.916. The summed E-state index contributed by atoms with van der Waals surface area (Å²) in [5, 5.41) is 3.12. The van der Waals surface area contributed by atoms with Crippen LogP contribution >= 0.6 is 11.3 Å². The zero-order valence-corrected chi connectivity index (χ0v) is 11.7. The zero-order valence-electron chi connectivity index (χ0n) is 10.9. The molecule has 100 valence electrons. The van der Waals surface area contributed by atoms with Crippen molar-refractivity contribution in [3.05, 3.63) is 29.4 Å². The Bertz CT molecular complexity index is 546. The van der Waals surface area contributed by atoms with Gasteiger partial charge < -0.3 is 15.5 Å². The van der Waals surface area contributed by atoms with Gasteiger partial charge in [-0.2, -0.15) is 0 Å². The molecule has 6 heteroatoms. The number of anilines is 3. The van der Waals surface area contributed by atoms with E-state index < -0.39 is 0 Å². The lowest BCUT2D eigenvalue weighted by Crippen LogP contribution is -2.47. The van der Waals surface area contributed by atoms with Crippen LogP contribution in [0.2, 0.25) is 0 Å². The molecule has 0 spiro atoms. The van der Waals surface area contributed by atoms with E-state index in [2.05, 4.69) is 19.8 Å². The highest BCUT2D eigenvalue weighted by molar-refractivity contribution is 7.13. The first-order chi connectivity index (χ1) is 9.24. The average molecular weight is 275 g/mol. The molecule has 0 saturated carbocycles. The van der Waals surface area contributed by atoms with E-state index in [1.165, 1.54) is 0 Å². The third kappa shape index (κ3) is 2.49. The maximum atomic E-state index is 6.02. The van der Waals surface area contributed by atoms with E-state index in [4.69, 9.17) is 5.73 Å². The highest BCUT2D eigenvalue weighted by Gasteiger charge is 2.21. The summed E-state index contributed by atoms with van der Waals surface area (Å²) < 4.78 is 0. The van der Waals surface area contributed by atoms with Crippen molar-refractivity contribution < 1.29 is 0 Å². The van der Waals surface area contributed by atoms with Gasteiger partial charge in [-0.05, 0) is 19.1 Å². The molecule has 1 aliphatic heterocycles. The quantitative estimate of drug-likeness (QED) is 0.905. The minimum Gasteiger partial charge on any atom is -0.396 e. The fourth-order valence-corrected chi connectivity index (χ4v) is 2.99. The molecule has 0 bridgehead atoms. The average Bonchev–Trinajstić information content (AvgIpc) is 2.96. The molecule has 1 fully saturated rings. The molecular formula is C13H17N5S. The molecule has 0 aromatic carbocycles. The second-order valence-electron chi connectivity index (χ2n) is 4.65. The SMILES string of the molecule is Cc1ccc(N)c(N2CCN(c3nccs3)CC2)n1. The van der Waals surface area contributed by atoms with E-state index in [1.807, 2.05) is 30.6 Å². The summed E-state index contributed by atoms with van der Waals surface area (Å²) in [5.41, 5.74) is 7.79. The van der Waals surface area contributed by atoms with E-state index in [1.54, 1.807) is 11.3 Å². The van der Waals surface area contributed by atoms with Gasteiger partial charge in [0.2, 0.25) is 0 Å². The summed E-state index contributed by atoms with van der Waals surface area (Å²) >= 11 is 1.69. The molecule has 0 unspecified atom stereocenters. The summed E-state index contributed by atoms with van der Waals surface area (Å²) in [4.78, 5) is 13.5. The predicted octanol–water partition coefficient (Wildman–Crippen LogP) is 1.76. The Hall–Kier alpha value is -1.82. The van der Waals surface area contributed by atoms with Crippen molar-refractivity contribution in [1.82, 2.24) is 9.97 Å². The minimum atomic E-state index is 0.758. The molecule has 19 heavy (non-hydrogen) atoms. The topological polar surface area (TPSA) is 58.3 Å². The summed E-state index contributed by atoms with van der Waals surface area (Å²) in [6, 6.07) is 3.88. The van der Waals surface area contributed by atoms with Crippen LogP contribution in [0.3, 0.4) is 0 Å². The number of aryl methyl sites for hydroxylation is 1. The molecule has 1 aliphatic rings. The molecule has 2 N–H and O–H groups in total. The van der Waals surface area contributed by atoms with E-state index >= 15 is 0 Å². The van der Waals surface area contributed by atoms with Crippen LogP contribution in [0.5, 0.6) is 0 Å². The number of hydrogen-bond acceptors (Lipinski definition) is 6. The largest absolute Gasteiger partial charge is 0.396 e. The third-order valence-corrected chi connectivity index (χ3v) is 4.15. The molecule has 5 nitrogen and oxygen atoms in total. The molecule has 0 amide bonds. The van der Waals surface area contributed by atoms with E-state index in [-0.39, 0.29) is 0 Å². The summed E-state index contributed by atoms with van der Waals surface area (Å²) in [6.07, 6.45) is 1.85. The number of thiazole rings is 1. The van der Waals surface area contributed by atoms with E-state index in [0.717, 1.165) is 48.5 Å². The highest BCUT2D eigenvalue weighted by atomic mass is 32.1. The van der Waals surface area contributed by atoms with Crippen molar-refractivity contribution in [2.24, 2.45) is 0 Å². The van der Waals surface area contributed by atoms with Gasteiger partial charge >= 0.3 is 0 Å². The standard InChI is InChI=1S/C13H17N5S/c1-10-2-3-11(14)12(16-10)17-5-7-18(8-6-17)13-15-4-9-19-13/h2-4,9H,5-8,14H2,1H3. The second-order valence-corrected chi connectivity index (χ2v) is 5.53. The Morgan fingerprint density at radius 2 is 1.89 bits per heavy atom. The van der Waals surface area contributed by atoms with Gasteiger partial charge in [-0.15, -0.1) is 11.3 Å². The number of hydrogen-bond donors (Lipinski definition) is 1. The predicted molar refractivity (Wildman–Crippen MR) is 79.9 cm³/mol. The van der Waals surface area contributed by atoms with Crippen molar-refractivity contribution in [3.63, 3.8) is 0 Å². The Balaban J connectivity index is 1.71. The highest BCUT2D eigenvalue weighted by Crippen LogP contribution is 2.24. The lowest BCUT2D eigenvalue weighted by atomic mass is 10.2. The maximum absolute atomic E-state index is 6.02. The van der Waals surface area contributed by atoms with Gasteiger partial charge in [0.25, 0.3) is 0 Å². The van der Waals surface area contributed by atoms with E-state index in [9.17, 15) is 0 Å². The number of pyridine rings is 1. The van der Waals surface area contributed by atoms with Gasteiger partial charge in [-0.1, -0.05) is 0 Å². The first kappa shape index (κ1) is 12.2. The minimum absolute atomic E-state index is 0.758. The summed E-state index contributed by atoms with van der Waals surface area (Å²) in [7, 11) is 0. The Kier molecular flexibility index (Phi) is 3.25. The lowest BCUT2D eigenvalue weighted by molar-refractivity contribution is 0.646. The van der Waals surface area contributed by atoms with Crippen LogP contribution < -0.4 is 15.5 Å². The normalized spacial score (nSPS) is 15.8. The summed E-state index contributed by atoms with van der Waals surface area (Å²) in [6.45, 7) is 5.78. The van der Waals surface area contributed by atoms with Crippen LogP contribution in [0.15, 0.2) is 23.7 Å². The van der Waals surface area contributed by atoms with Gasteiger partial charge in [0, 0.05) is 43.4 Å². The van der Waals surface area contributed by atoms with E-state index in [0.29, 0.717) is 0 Å². The monoisotopic (exact) mass is 275 g/mol. The maximum Gasteiger partial charge on any atom is 0.185 e. The number of piperazine rings is 1. The number of aromatic nitrogens is 2. The van der Waals surface area contributed by atoms with Crippen LogP contribution in [0.4, 0.5) is 16.6 Å². The second kappa shape index (κ2) is 5.05. The molecule has 2 aromatic heterocycles. The molecular weight excluding hydrogens is 258 g/mol. The molecule has 0 aliphatic carbocycles. The smallest absolute Gasteiger partial charge is 0.185 e. The molecule has 2 aromatic rings. The van der Waals surface area contributed by atoms with Crippen LogP contribution in [0, 0.1) is 6.92 Å². The van der Waals surface area contributed by atoms with Crippen molar-refractivity contribution >= 4 is 28.0 Å².